The van der Waals surface area contributed by atoms with Gasteiger partial charge in [-0.3, -0.25) is 82.4 Å². The Morgan fingerprint density at radius 1 is 0.270 bits per heavy atom. The van der Waals surface area contributed by atoms with Crippen LogP contribution in [0, 0.1) is 0 Å². The summed E-state index contributed by atoms with van der Waals surface area (Å²) in [5.74, 6) is -5.42. The summed E-state index contributed by atoms with van der Waals surface area (Å²) in [6.45, 7) is -12.9. The van der Waals surface area contributed by atoms with Crippen molar-refractivity contribution in [1.29, 1.82) is 0 Å². The fourth-order valence-electron chi connectivity index (χ4n) is 8.39. The van der Waals surface area contributed by atoms with Crippen LogP contribution in [0.1, 0.15) is 6.42 Å². The van der Waals surface area contributed by atoms with Gasteiger partial charge in [-0.15, -0.1) is 0 Å². The summed E-state index contributed by atoms with van der Waals surface area (Å²) in [4.78, 5) is 27.8. The Labute approximate surface area is 643 Å². The third kappa shape index (κ3) is 46.0. The second kappa shape index (κ2) is 40.4. The van der Waals surface area contributed by atoms with Crippen molar-refractivity contribution < 1.29 is 303 Å². The van der Waals surface area contributed by atoms with Crippen molar-refractivity contribution in [2.75, 3.05) is 39.5 Å². The van der Waals surface area contributed by atoms with Crippen molar-refractivity contribution >= 4 is 178 Å². The van der Waals surface area contributed by atoms with Crippen molar-refractivity contribution in [3.05, 3.63) is 0 Å². The minimum Gasteiger partial charge on any atom is -0.354 e. The van der Waals surface area contributed by atoms with E-state index < -0.39 is 334 Å². The summed E-state index contributed by atoms with van der Waals surface area (Å²) in [6.07, 6.45) is -69.3. The molecule has 2 fully saturated rings. The third-order valence-electron chi connectivity index (χ3n) is 11.5. The maximum Gasteiger partial charge on any atom is 0.398 e. The minimum absolute atomic E-state index is 1.30. The van der Waals surface area contributed by atoms with Gasteiger partial charge >= 0.3 is 166 Å². The van der Waals surface area contributed by atoms with Crippen LogP contribution in [0.5, 0.6) is 0 Å². The van der Waals surface area contributed by atoms with Crippen molar-refractivity contribution in [1.82, 2.24) is 10.6 Å². The van der Waals surface area contributed by atoms with E-state index in [0.29, 0.717) is 0 Å². The van der Waals surface area contributed by atoms with Gasteiger partial charge in [-0.05, 0) is 6.42 Å². The first-order chi connectivity index (χ1) is 50.8. The predicted octanol–water partition coefficient (Wildman–Crippen LogP) is -14.6. The molecule has 18 unspecified atom stereocenters. The van der Waals surface area contributed by atoms with Gasteiger partial charge in [0.1, 0.15) is 73.2 Å². The van der Waals surface area contributed by atoms with Crippen molar-refractivity contribution in [2.45, 2.75) is 117 Å². The lowest BCUT2D eigenvalue weighted by Crippen LogP contribution is -2.63. The molecule has 2 heterocycles. The topological polar surface area (TPSA) is 1110 Å². The van der Waals surface area contributed by atoms with E-state index in [4.69, 9.17) is 28.1 Å². The number of rotatable bonds is 52. The molecule has 18 atom stereocenters. The fourth-order valence-corrected chi connectivity index (χ4v) is 15.9. The van der Waals surface area contributed by atoms with Crippen LogP contribution in [0.15, 0.2) is 0 Å². The Balaban J connectivity index is 3.01. The zero-order chi connectivity index (χ0) is 90.1. The van der Waals surface area contributed by atoms with E-state index in [1.54, 1.807) is 0 Å². The molecule has 0 aromatic heterocycles. The largest absolute Gasteiger partial charge is 0.398 e. The van der Waals surface area contributed by atoms with Gasteiger partial charge in [-0.2, -0.15) is 135 Å². The Bertz CT molecular complexity index is 5030. The Kier molecular flexibility index (Phi) is 37.8. The molecule has 0 bridgehead atoms. The highest BCUT2D eigenvalue weighted by atomic mass is 32.3. The minimum atomic E-state index is -6.85. The quantitative estimate of drug-likeness (QED) is 0.0199. The fraction of sp³-hybridized carbons (Fsp3) is 0.926. The van der Waals surface area contributed by atoms with Crippen LogP contribution in [0.25, 0.3) is 0 Å². The van der Waals surface area contributed by atoms with E-state index >= 15 is 0 Å². The lowest BCUT2D eigenvalue weighted by Gasteiger charge is -2.43. The molecule has 2 saturated heterocycles. The Morgan fingerprint density at radius 3 is 0.704 bits per heavy atom. The normalized spacial score (nSPS) is 24.3. The number of carbonyl (C=O) groups is 2. The molecule has 18 N–H and O–H groups in total. The second-order valence-corrected chi connectivity index (χ2v) is 36.9. The molecule has 2 aliphatic heterocycles. The van der Waals surface area contributed by atoms with Crippen LogP contribution in [-0.4, -0.2) is 369 Å². The van der Waals surface area contributed by atoms with E-state index in [2.05, 4.69) is 66.9 Å². The first-order valence-electron chi connectivity index (χ1n) is 26.3. The van der Waals surface area contributed by atoms with Crippen LogP contribution in [0.4, 0.5) is 0 Å². The van der Waals surface area contributed by atoms with Crippen LogP contribution in [0.3, 0.4) is 0 Å². The van der Waals surface area contributed by atoms with Gasteiger partial charge in [0.2, 0.25) is 0 Å². The van der Waals surface area contributed by atoms with Crippen LogP contribution >= 0.6 is 0 Å². The van der Waals surface area contributed by atoms with Crippen LogP contribution < -0.4 is 10.6 Å². The molecule has 0 saturated carbocycles. The number of hydrogen-bond acceptors (Lipinski definition) is 54. The smallest absolute Gasteiger partial charge is 0.354 e. The summed E-state index contributed by atoms with van der Waals surface area (Å²) < 4.78 is 623. The van der Waals surface area contributed by atoms with E-state index in [1.807, 2.05) is 0 Å². The molecule has 2 aliphatic rings. The molecule has 684 valence electrons. The summed E-state index contributed by atoms with van der Waals surface area (Å²) in [6, 6.07) is 0. The molecule has 2 rings (SSSR count). The van der Waals surface area contributed by atoms with E-state index in [-0.39, 0.29) is 0 Å². The molecule has 0 aliphatic carbocycles. The monoisotopic (exact) mass is 2030 g/mol. The standard InChI is InChI=1S/C27H50N2O70S16/c30-24(20(96-112(68,69)70)16(92-108(56,57)58)14(90-106(50,51)52)10(86-102(38,39)40)4-80-26-22(98-114(74,75)76)18(94-110(62,63)64)12(88-104(44,45)46)8(84-26)6-82-100(32,33)34)28-2-1-3-29-25(31)21(97-113(71,72)73)17(93-109(59,60)61)15(91-107(53,54)55)11(87-103(41,42)43)5-81-27-23(99-115(77,78)79)19(95-111(65,66)67)13(89-105(47,48)49)9(85-27)7-83-101(35,36)37/h8-23,26-27H,1-7H2,(H,28,30)(H,29,31)(H,32,33,34)(H,35,36,37)(H,38,39,40)(H,41,42,43)(H,44,45,46)(H,47,48,49)(H,50,51,52)(H,53,54,55)(H,56,57,58)(H,59,60,61)(H,62,63,64)(H,65,66,67)(H,68,69,70)(H,71,72,73)(H,74,75,76)(H,77,78,79). The highest BCUT2D eigenvalue weighted by molar-refractivity contribution is 7.84. The highest BCUT2D eigenvalue weighted by Crippen LogP contribution is 2.36. The molecule has 115 heavy (non-hydrogen) atoms. The van der Waals surface area contributed by atoms with Gasteiger partial charge in [-0.25, -0.2) is 66.9 Å². The third-order valence-corrected chi connectivity index (χ3v) is 18.9. The molecule has 0 spiro atoms. The predicted molar refractivity (Wildman–Crippen MR) is 325 cm³/mol. The van der Waals surface area contributed by atoms with E-state index in [1.165, 1.54) is 10.6 Å². The van der Waals surface area contributed by atoms with Gasteiger partial charge in [-0.1, -0.05) is 0 Å². The molecule has 0 aromatic carbocycles. The van der Waals surface area contributed by atoms with E-state index in [0.717, 1.165) is 0 Å². The lowest BCUT2D eigenvalue weighted by molar-refractivity contribution is -0.292. The molecule has 72 nitrogen and oxygen atoms in total. The average Bonchev–Trinajstić information content (AvgIpc) is 0.776. The van der Waals surface area contributed by atoms with Crippen LogP contribution in [0.2, 0.25) is 0 Å². The number of amides is 2. The molecule has 0 aromatic rings. The molecule has 2 amide bonds. The molecular formula is C27H50N2O70S16. The summed E-state index contributed by atoms with van der Waals surface area (Å²) in [5, 5.41) is 2.60. The van der Waals surface area contributed by atoms with Crippen LogP contribution in [-0.2, 0) is 262 Å². The summed E-state index contributed by atoms with van der Waals surface area (Å²) >= 11 is 0. The van der Waals surface area contributed by atoms with Crippen molar-refractivity contribution in [3.8, 4) is 0 Å². The van der Waals surface area contributed by atoms with Crippen molar-refractivity contribution in [2.24, 2.45) is 0 Å². The zero-order valence-electron chi connectivity index (χ0n) is 53.1. The first kappa shape index (κ1) is 108. The number of hydrogen-bond donors (Lipinski definition) is 18. The van der Waals surface area contributed by atoms with Gasteiger partial charge < -0.3 is 29.6 Å². The SMILES string of the molecule is O=C(NCCCNC(=O)C(OS(=O)(=O)O)C(OS(=O)(=O)O)C(OS(=O)(=O)O)C(COC1OC(COS(=O)(=O)O)C(OS(=O)(=O)O)C(OS(=O)(=O)O)C1OS(=O)(=O)O)OS(=O)(=O)O)C(OS(=O)(=O)O)C(OS(=O)(=O)O)C(OS(=O)(=O)O)C(COC1OC(COS(=O)(=O)O)C(OS(=O)(=O)O)C(OS(=O)(=O)O)C1OS(=O)(=O)O)OS(=O)(=O)O. The highest BCUT2D eigenvalue weighted by Gasteiger charge is 2.59. The molecule has 0 radical (unpaired) electrons. The maximum absolute atomic E-state index is 13.9. The number of carbonyl (C=O) groups excluding carboxylic acids is 2. The molecular weight excluding hydrogens is 1990 g/mol. The Morgan fingerprint density at radius 2 is 0.487 bits per heavy atom. The van der Waals surface area contributed by atoms with Gasteiger partial charge in [0.05, 0.1) is 26.4 Å². The first-order valence-corrected chi connectivity index (χ1v) is 48.1. The summed E-state index contributed by atoms with van der Waals surface area (Å²) in [7, 11) is -105. The number of nitrogens with one attached hydrogen (secondary N) is 2. The lowest BCUT2D eigenvalue weighted by atomic mass is 9.99. The number of ether oxygens (including phenoxy) is 4. The van der Waals surface area contributed by atoms with Gasteiger partial charge in [0.15, 0.2) is 37.0 Å². The van der Waals surface area contributed by atoms with E-state index in [9.17, 15) is 208 Å². The molecule has 88 heteroatoms. The summed E-state index contributed by atoms with van der Waals surface area (Å²) in [5.41, 5.74) is 0. The van der Waals surface area contributed by atoms with Gasteiger partial charge in [0.25, 0.3) is 11.8 Å². The van der Waals surface area contributed by atoms with Gasteiger partial charge in [0, 0.05) is 13.1 Å². The Hall–Kier alpha value is -3.30. The van der Waals surface area contributed by atoms with Crippen molar-refractivity contribution in [3.63, 3.8) is 0 Å². The maximum atomic E-state index is 13.9. The zero-order valence-corrected chi connectivity index (χ0v) is 66.1. The average molecular weight is 2040 g/mol. The second-order valence-electron chi connectivity index (χ2n) is 20.0.